The van der Waals surface area contributed by atoms with E-state index in [1.54, 1.807) is 11.9 Å². The number of nitrogens with zero attached hydrogens (tertiary/aromatic N) is 1. The van der Waals surface area contributed by atoms with Gasteiger partial charge in [-0.05, 0) is 32.7 Å². The molecule has 1 aliphatic rings. The third-order valence-electron chi connectivity index (χ3n) is 2.93. The van der Waals surface area contributed by atoms with E-state index < -0.39 is 0 Å². The molecule has 4 heteroatoms. The summed E-state index contributed by atoms with van der Waals surface area (Å²) in [6.45, 7) is 3.23. The topological polar surface area (TPSA) is 55.6 Å². The first-order chi connectivity index (χ1) is 6.69. The summed E-state index contributed by atoms with van der Waals surface area (Å²) in [6, 6.07) is 0. The van der Waals surface area contributed by atoms with Crippen LogP contribution in [0.5, 0.6) is 0 Å². The Balaban J connectivity index is 2.39. The molecule has 1 amide bonds. The van der Waals surface area contributed by atoms with Gasteiger partial charge < -0.3 is 15.4 Å². The van der Waals surface area contributed by atoms with Crippen LogP contribution in [0.15, 0.2) is 0 Å². The highest BCUT2D eigenvalue weighted by atomic mass is 16.6. The number of ether oxygens (including phenoxy) is 1. The minimum atomic E-state index is -0.224. The van der Waals surface area contributed by atoms with Gasteiger partial charge in [-0.3, -0.25) is 0 Å². The van der Waals surface area contributed by atoms with Gasteiger partial charge in [0.05, 0.1) is 0 Å². The standard InChI is InChI=1S/C10H20N2O2/c1-3-12(2)10(13)14-9-6-4-5-8(9)7-11/h8-9H,3-7,11H2,1-2H3. The summed E-state index contributed by atoms with van der Waals surface area (Å²) in [7, 11) is 1.74. The molecule has 1 fully saturated rings. The Labute approximate surface area is 85.4 Å². The van der Waals surface area contributed by atoms with Crippen LogP contribution < -0.4 is 5.73 Å². The summed E-state index contributed by atoms with van der Waals surface area (Å²) in [6.07, 6.45) is 2.99. The molecule has 2 N–H and O–H groups in total. The van der Waals surface area contributed by atoms with Crippen molar-refractivity contribution >= 4 is 6.09 Å². The van der Waals surface area contributed by atoms with Crippen LogP contribution in [0.1, 0.15) is 26.2 Å². The molecule has 4 nitrogen and oxygen atoms in total. The molecule has 2 unspecified atom stereocenters. The Bertz CT molecular complexity index is 197. The monoisotopic (exact) mass is 200 g/mol. The summed E-state index contributed by atoms with van der Waals surface area (Å²) < 4.78 is 5.37. The minimum Gasteiger partial charge on any atom is -0.446 e. The molecule has 0 bridgehead atoms. The first kappa shape index (κ1) is 11.3. The Morgan fingerprint density at radius 2 is 2.29 bits per heavy atom. The third-order valence-corrected chi connectivity index (χ3v) is 2.93. The normalized spacial score (nSPS) is 26.2. The molecule has 1 rings (SSSR count). The smallest absolute Gasteiger partial charge is 0.409 e. The van der Waals surface area contributed by atoms with Gasteiger partial charge in [-0.25, -0.2) is 4.79 Å². The lowest BCUT2D eigenvalue weighted by molar-refractivity contribution is 0.0538. The van der Waals surface area contributed by atoms with Gasteiger partial charge in [0, 0.05) is 19.5 Å². The molecule has 0 aromatic carbocycles. The van der Waals surface area contributed by atoms with Crippen molar-refractivity contribution in [1.82, 2.24) is 4.90 Å². The second-order valence-corrected chi connectivity index (χ2v) is 3.86. The number of carbonyl (C=O) groups excluding carboxylic acids is 1. The van der Waals surface area contributed by atoms with Crippen LogP contribution in [-0.4, -0.2) is 37.2 Å². The van der Waals surface area contributed by atoms with Gasteiger partial charge in [0.1, 0.15) is 6.10 Å². The fourth-order valence-electron chi connectivity index (χ4n) is 1.78. The van der Waals surface area contributed by atoms with Crippen LogP contribution in [0, 0.1) is 5.92 Å². The van der Waals surface area contributed by atoms with Gasteiger partial charge >= 0.3 is 6.09 Å². The SMILES string of the molecule is CCN(C)C(=O)OC1CCCC1CN. The molecule has 0 spiro atoms. The molecule has 2 atom stereocenters. The largest absolute Gasteiger partial charge is 0.446 e. The van der Waals surface area contributed by atoms with Crippen molar-refractivity contribution in [2.24, 2.45) is 11.7 Å². The first-order valence-corrected chi connectivity index (χ1v) is 5.30. The number of rotatable bonds is 3. The van der Waals surface area contributed by atoms with Crippen LogP contribution in [0.2, 0.25) is 0 Å². The molecule has 0 aromatic heterocycles. The van der Waals surface area contributed by atoms with Crippen molar-refractivity contribution in [3.63, 3.8) is 0 Å². The fraction of sp³-hybridized carbons (Fsp3) is 0.900. The Hall–Kier alpha value is -0.770. The average molecular weight is 200 g/mol. The summed E-state index contributed by atoms with van der Waals surface area (Å²) in [5.41, 5.74) is 5.60. The Morgan fingerprint density at radius 3 is 2.86 bits per heavy atom. The van der Waals surface area contributed by atoms with E-state index in [0.29, 0.717) is 19.0 Å². The van der Waals surface area contributed by atoms with Gasteiger partial charge in [-0.1, -0.05) is 0 Å². The van der Waals surface area contributed by atoms with E-state index in [9.17, 15) is 4.79 Å². The van der Waals surface area contributed by atoms with Crippen molar-refractivity contribution in [2.75, 3.05) is 20.1 Å². The van der Waals surface area contributed by atoms with Crippen molar-refractivity contribution < 1.29 is 9.53 Å². The van der Waals surface area contributed by atoms with E-state index in [1.165, 1.54) is 0 Å². The second-order valence-electron chi connectivity index (χ2n) is 3.86. The molecule has 1 saturated carbocycles. The van der Waals surface area contributed by atoms with Crippen LogP contribution in [0.4, 0.5) is 4.79 Å². The number of amides is 1. The van der Waals surface area contributed by atoms with Crippen molar-refractivity contribution in [1.29, 1.82) is 0 Å². The lowest BCUT2D eigenvalue weighted by Crippen LogP contribution is -2.34. The lowest BCUT2D eigenvalue weighted by atomic mass is 10.1. The minimum absolute atomic E-state index is 0.0431. The molecule has 0 radical (unpaired) electrons. The van der Waals surface area contributed by atoms with Crippen LogP contribution in [0.25, 0.3) is 0 Å². The molecule has 82 valence electrons. The molecular weight excluding hydrogens is 180 g/mol. The maximum atomic E-state index is 11.5. The van der Waals surface area contributed by atoms with Crippen molar-refractivity contribution in [2.45, 2.75) is 32.3 Å². The van der Waals surface area contributed by atoms with Gasteiger partial charge in [-0.2, -0.15) is 0 Å². The van der Waals surface area contributed by atoms with Gasteiger partial charge in [-0.15, -0.1) is 0 Å². The number of carbonyl (C=O) groups is 1. The number of nitrogens with two attached hydrogens (primary N) is 1. The third kappa shape index (κ3) is 2.61. The highest BCUT2D eigenvalue weighted by Gasteiger charge is 2.29. The van der Waals surface area contributed by atoms with E-state index in [1.807, 2.05) is 6.92 Å². The predicted molar refractivity (Wildman–Crippen MR) is 55.0 cm³/mol. The maximum absolute atomic E-state index is 11.5. The van der Waals surface area contributed by atoms with Crippen LogP contribution in [-0.2, 0) is 4.74 Å². The van der Waals surface area contributed by atoms with Crippen LogP contribution >= 0.6 is 0 Å². The zero-order valence-electron chi connectivity index (χ0n) is 9.03. The van der Waals surface area contributed by atoms with Gasteiger partial charge in [0.25, 0.3) is 0 Å². The van der Waals surface area contributed by atoms with E-state index >= 15 is 0 Å². The highest BCUT2D eigenvalue weighted by Crippen LogP contribution is 2.27. The molecule has 0 aliphatic heterocycles. The zero-order valence-corrected chi connectivity index (χ0v) is 9.03. The summed E-state index contributed by atoms with van der Waals surface area (Å²) in [5.74, 6) is 0.365. The average Bonchev–Trinajstić information content (AvgIpc) is 2.63. The second kappa shape index (κ2) is 5.20. The lowest BCUT2D eigenvalue weighted by Gasteiger charge is -2.22. The highest BCUT2D eigenvalue weighted by molar-refractivity contribution is 5.67. The predicted octanol–water partition coefficient (Wildman–Crippen LogP) is 1.20. The maximum Gasteiger partial charge on any atom is 0.409 e. The molecule has 0 saturated heterocycles. The quantitative estimate of drug-likeness (QED) is 0.744. The van der Waals surface area contributed by atoms with E-state index in [0.717, 1.165) is 19.3 Å². The van der Waals surface area contributed by atoms with E-state index in [4.69, 9.17) is 10.5 Å². The van der Waals surface area contributed by atoms with Crippen molar-refractivity contribution in [3.8, 4) is 0 Å². The van der Waals surface area contributed by atoms with Gasteiger partial charge in [0.2, 0.25) is 0 Å². The first-order valence-electron chi connectivity index (χ1n) is 5.30. The molecule has 0 heterocycles. The molecule has 1 aliphatic carbocycles. The number of hydrogen-bond donors (Lipinski definition) is 1. The molecule has 14 heavy (non-hydrogen) atoms. The Kier molecular flexibility index (Phi) is 4.20. The number of hydrogen-bond acceptors (Lipinski definition) is 3. The van der Waals surface area contributed by atoms with E-state index in [2.05, 4.69) is 0 Å². The summed E-state index contributed by atoms with van der Waals surface area (Å²) >= 11 is 0. The zero-order chi connectivity index (χ0) is 10.6. The molecule has 0 aromatic rings. The van der Waals surface area contributed by atoms with E-state index in [-0.39, 0.29) is 12.2 Å². The summed E-state index contributed by atoms with van der Waals surface area (Å²) in [4.78, 5) is 13.0. The molecular formula is C10H20N2O2. The van der Waals surface area contributed by atoms with Crippen molar-refractivity contribution in [3.05, 3.63) is 0 Å². The fourth-order valence-corrected chi connectivity index (χ4v) is 1.78. The van der Waals surface area contributed by atoms with Crippen LogP contribution in [0.3, 0.4) is 0 Å². The summed E-state index contributed by atoms with van der Waals surface area (Å²) in [5, 5.41) is 0. The van der Waals surface area contributed by atoms with Gasteiger partial charge in [0.15, 0.2) is 0 Å². The Morgan fingerprint density at radius 1 is 1.57 bits per heavy atom.